The van der Waals surface area contributed by atoms with E-state index >= 15 is 0 Å². The summed E-state index contributed by atoms with van der Waals surface area (Å²) in [6.45, 7) is 4.07. The number of anilines is 1. The minimum Gasteiger partial charge on any atom is -0.367 e. The molecular formula is C14H18ClN3. The lowest BCUT2D eigenvalue weighted by Crippen LogP contribution is -2.40. The highest BCUT2D eigenvalue weighted by Crippen LogP contribution is 2.23. The predicted octanol–water partition coefficient (Wildman–Crippen LogP) is 2.81. The van der Waals surface area contributed by atoms with Crippen LogP contribution in [-0.2, 0) is 0 Å². The number of nitriles is 1. The quantitative estimate of drug-likeness (QED) is 0.892. The molecule has 1 N–H and O–H groups in total. The molecule has 0 saturated carbocycles. The molecule has 1 fully saturated rings. The average Bonchev–Trinajstić information content (AvgIpc) is 2.53. The maximum absolute atomic E-state index is 8.84. The highest BCUT2D eigenvalue weighted by atomic mass is 35.5. The topological polar surface area (TPSA) is 39.1 Å². The minimum atomic E-state index is 0.246. The molecule has 1 heterocycles. The van der Waals surface area contributed by atoms with Gasteiger partial charge >= 0.3 is 0 Å². The molecule has 1 aromatic carbocycles. The third-order valence-electron chi connectivity index (χ3n) is 3.44. The van der Waals surface area contributed by atoms with Gasteiger partial charge in [-0.2, -0.15) is 5.26 Å². The summed E-state index contributed by atoms with van der Waals surface area (Å²) in [5.41, 5.74) is 1.18. The van der Waals surface area contributed by atoms with Crippen molar-refractivity contribution >= 4 is 17.3 Å². The van der Waals surface area contributed by atoms with Gasteiger partial charge in [-0.15, -0.1) is 0 Å². The lowest BCUT2D eigenvalue weighted by atomic mass is 10.1. The van der Waals surface area contributed by atoms with E-state index in [1.54, 1.807) is 0 Å². The monoisotopic (exact) mass is 263 g/mol. The van der Waals surface area contributed by atoms with E-state index in [2.05, 4.69) is 23.2 Å². The summed E-state index contributed by atoms with van der Waals surface area (Å²) in [5, 5.41) is 13.0. The number of hydrogen-bond donors (Lipinski definition) is 1. The van der Waals surface area contributed by atoms with E-state index in [1.807, 2.05) is 24.3 Å². The second-order valence-corrected chi connectivity index (χ2v) is 5.22. The zero-order valence-electron chi connectivity index (χ0n) is 10.6. The van der Waals surface area contributed by atoms with Crippen molar-refractivity contribution < 1.29 is 0 Å². The summed E-state index contributed by atoms with van der Waals surface area (Å²) in [4.78, 5) is 2.36. The van der Waals surface area contributed by atoms with Crippen LogP contribution in [0.3, 0.4) is 0 Å². The number of hydrogen-bond acceptors (Lipinski definition) is 3. The van der Waals surface area contributed by atoms with Gasteiger partial charge in [0.05, 0.1) is 12.5 Å². The molecule has 2 unspecified atom stereocenters. The first-order chi connectivity index (χ1) is 8.70. The van der Waals surface area contributed by atoms with E-state index < -0.39 is 0 Å². The van der Waals surface area contributed by atoms with Crippen LogP contribution in [0.2, 0.25) is 5.02 Å². The minimum absolute atomic E-state index is 0.246. The molecule has 3 nitrogen and oxygen atoms in total. The number of nitrogens with one attached hydrogen (secondary N) is 1. The molecule has 1 saturated heterocycles. The summed E-state index contributed by atoms with van der Waals surface area (Å²) in [5.74, 6) is 0. The third-order valence-corrected chi connectivity index (χ3v) is 3.69. The van der Waals surface area contributed by atoms with Crippen molar-refractivity contribution in [1.82, 2.24) is 5.32 Å². The van der Waals surface area contributed by atoms with Gasteiger partial charge in [-0.05, 0) is 44.2 Å². The summed E-state index contributed by atoms with van der Waals surface area (Å²) in [7, 11) is 0. The van der Waals surface area contributed by atoms with E-state index in [0.29, 0.717) is 12.5 Å². The molecule has 0 bridgehead atoms. The van der Waals surface area contributed by atoms with E-state index in [1.165, 1.54) is 5.69 Å². The Morgan fingerprint density at radius 1 is 1.44 bits per heavy atom. The van der Waals surface area contributed by atoms with Crippen LogP contribution in [0.4, 0.5) is 5.69 Å². The molecule has 0 amide bonds. The molecule has 0 spiro atoms. The van der Waals surface area contributed by atoms with Gasteiger partial charge in [0.2, 0.25) is 0 Å². The summed E-state index contributed by atoms with van der Waals surface area (Å²) < 4.78 is 0. The molecule has 0 aliphatic carbocycles. The Bertz CT molecular complexity index is 424. The molecule has 4 heteroatoms. The van der Waals surface area contributed by atoms with Gasteiger partial charge in [0.1, 0.15) is 0 Å². The Balaban J connectivity index is 2.17. The van der Waals surface area contributed by atoms with Crippen LogP contribution in [0, 0.1) is 11.3 Å². The van der Waals surface area contributed by atoms with Gasteiger partial charge in [-0.25, -0.2) is 0 Å². The Hall–Kier alpha value is -1.24. The largest absolute Gasteiger partial charge is 0.367 e. The maximum atomic E-state index is 8.84. The van der Waals surface area contributed by atoms with Crippen LogP contribution < -0.4 is 10.2 Å². The van der Waals surface area contributed by atoms with Gasteiger partial charge in [0.25, 0.3) is 0 Å². The Kier molecular flexibility index (Phi) is 4.46. The summed E-state index contributed by atoms with van der Waals surface area (Å²) in [6.07, 6.45) is 1.64. The fraction of sp³-hybridized carbons (Fsp3) is 0.500. The van der Waals surface area contributed by atoms with Crippen molar-refractivity contribution in [1.29, 1.82) is 5.26 Å². The number of rotatable bonds is 2. The van der Waals surface area contributed by atoms with Crippen LogP contribution in [0.25, 0.3) is 0 Å². The van der Waals surface area contributed by atoms with E-state index in [4.69, 9.17) is 16.9 Å². The molecule has 2 atom stereocenters. The second-order valence-electron chi connectivity index (χ2n) is 4.78. The lowest BCUT2D eigenvalue weighted by molar-refractivity contribution is 0.552. The third kappa shape index (κ3) is 3.16. The van der Waals surface area contributed by atoms with Crippen LogP contribution in [0.1, 0.15) is 19.8 Å². The van der Waals surface area contributed by atoms with Crippen LogP contribution >= 0.6 is 11.6 Å². The molecule has 1 aliphatic heterocycles. The first-order valence-electron chi connectivity index (χ1n) is 6.33. The van der Waals surface area contributed by atoms with Crippen LogP contribution in [0.15, 0.2) is 24.3 Å². The molecular weight excluding hydrogens is 246 g/mol. The fourth-order valence-electron chi connectivity index (χ4n) is 2.37. The Labute approximate surface area is 113 Å². The van der Waals surface area contributed by atoms with Gasteiger partial charge in [0.15, 0.2) is 0 Å². The number of benzene rings is 1. The van der Waals surface area contributed by atoms with Gasteiger partial charge in [-0.3, -0.25) is 0 Å². The molecule has 2 rings (SSSR count). The van der Waals surface area contributed by atoms with Crippen molar-refractivity contribution in [3.8, 4) is 6.07 Å². The highest BCUT2D eigenvalue weighted by molar-refractivity contribution is 6.30. The van der Waals surface area contributed by atoms with Crippen molar-refractivity contribution in [3.63, 3.8) is 0 Å². The molecule has 96 valence electrons. The van der Waals surface area contributed by atoms with E-state index in [-0.39, 0.29) is 6.04 Å². The van der Waals surface area contributed by atoms with Crippen molar-refractivity contribution in [2.75, 3.05) is 18.0 Å². The van der Waals surface area contributed by atoms with Crippen molar-refractivity contribution in [2.24, 2.45) is 0 Å². The molecule has 1 aliphatic rings. The number of nitrogens with zero attached hydrogens (tertiary/aromatic N) is 2. The van der Waals surface area contributed by atoms with Gasteiger partial charge < -0.3 is 10.2 Å². The van der Waals surface area contributed by atoms with Crippen LogP contribution in [-0.4, -0.2) is 25.2 Å². The summed E-state index contributed by atoms with van der Waals surface area (Å²) in [6, 6.07) is 10.9. The van der Waals surface area contributed by atoms with Gasteiger partial charge in [0, 0.05) is 29.3 Å². The first kappa shape index (κ1) is 13.2. The standard InChI is InChI=1S/C14H18ClN3/c1-11-7-9-17-13(6-8-16)10-18(11)14-4-2-12(15)3-5-14/h2-5,11,13,17H,6-7,9-10H2,1H3. The lowest BCUT2D eigenvalue weighted by Gasteiger charge is -2.31. The normalized spacial score (nSPS) is 24.4. The van der Waals surface area contributed by atoms with Crippen molar-refractivity contribution in [2.45, 2.75) is 31.8 Å². The highest BCUT2D eigenvalue weighted by Gasteiger charge is 2.22. The molecule has 1 aromatic rings. The molecule has 0 aromatic heterocycles. The number of halogens is 1. The fourth-order valence-corrected chi connectivity index (χ4v) is 2.50. The maximum Gasteiger partial charge on any atom is 0.0638 e. The SMILES string of the molecule is CC1CCNC(CC#N)CN1c1ccc(Cl)cc1. The molecule has 18 heavy (non-hydrogen) atoms. The second kappa shape index (κ2) is 6.08. The smallest absolute Gasteiger partial charge is 0.0638 e. The van der Waals surface area contributed by atoms with E-state index in [9.17, 15) is 0 Å². The molecule has 0 radical (unpaired) electrons. The van der Waals surface area contributed by atoms with E-state index in [0.717, 1.165) is 24.5 Å². The van der Waals surface area contributed by atoms with Gasteiger partial charge in [-0.1, -0.05) is 11.6 Å². The first-order valence-corrected chi connectivity index (χ1v) is 6.71. The van der Waals surface area contributed by atoms with Crippen molar-refractivity contribution in [3.05, 3.63) is 29.3 Å². The van der Waals surface area contributed by atoms with Crippen LogP contribution in [0.5, 0.6) is 0 Å². The average molecular weight is 264 g/mol. The summed E-state index contributed by atoms with van der Waals surface area (Å²) >= 11 is 5.92. The predicted molar refractivity (Wildman–Crippen MR) is 74.9 cm³/mol. The zero-order chi connectivity index (χ0) is 13.0. The Morgan fingerprint density at radius 2 is 2.17 bits per heavy atom. The Morgan fingerprint density at radius 3 is 2.83 bits per heavy atom. The zero-order valence-corrected chi connectivity index (χ0v) is 11.3.